The molecule has 0 bridgehead atoms. The highest BCUT2D eigenvalue weighted by Crippen LogP contribution is 2.20. The van der Waals surface area contributed by atoms with Gasteiger partial charge in [-0.3, -0.25) is 9.59 Å². The van der Waals surface area contributed by atoms with Crippen molar-refractivity contribution in [3.05, 3.63) is 125 Å². The van der Waals surface area contributed by atoms with Crippen LogP contribution >= 0.6 is 0 Å². The number of ketones is 2. The molecule has 0 saturated heterocycles. The summed E-state index contributed by atoms with van der Waals surface area (Å²) in [6.07, 6.45) is 0. The lowest BCUT2D eigenvalue weighted by Gasteiger charge is -2.06. The van der Waals surface area contributed by atoms with Crippen molar-refractivity contribution in [3.8, 4) is 11.4 Å². The monoisotopic (exact) mass is 433 g/mol. The fourth-order valence-corrected chi connectivity index (χ4v) is 3.63. The van der Waals surface area contributed by atoms with Gasteiger partial charge in [-0.05, 0) is 37.3 Å². The second-order valence-corrected chi connectivity index (χ2v) is 7.46. The minimum Gasteiger partial charge on any atom is -0.287 e. The molecule has 0 unspecified atom stereocenters. The van der Waals surface area contributed by atoms with E-state index in [0.717, 1.165) is 5.69 Å². The van der Waals surface area contributed by atoms with Crippen molar-refractivity contribution < 1.29 is 9.59 Å². The first kappa shape index (κ1) is 20.3. The third-order valence-corrected chi connectivity index (χ3v) is 5.32. The SMILES string of the molecule is Cc1c(C(=O)c2cc(C(=O)c3ccccc3)nn2-c2ccccc2)nnn1-c1ccccc1. The maximum atomic E-state index is 13.6. The Balaban J connectivity index is 1.60. The van der Waals surface area contributed by atoms with E-state index in [9.17, 15) is 9.59 Å². The quantitative estimate of drug-likeness (QED) is 0.375. The number of rotatable bonds is 6. The number of carbonyl (C=O) groups excluding carboxylic acids is 2. The molecule has 0 aliphatic rings. The smallest absolute Gasteiger partial charge is 0.233 e. The lowest BCUT2D eigenvalue weighted by molar-refractivity contribution is 0.102. The molecule has 0 atom stereocenters. The molecule has 3 aromatic carbocycles. The van der Waals surface area contributed by atoms with E-state index in [0.29, 0.717) is 16.9 Å². The summed E-state index contributed by atoms with van der Waals surface area (Å²) >= 11 is 0. The van der Waals surface area contributed by atoms with Gasteiger partial charge in [0.05, 0.1) is 17.1 Å². The summed E-state index contributed by atoms with van der Waals surface area (Å²) in [7, 11) is 0. The van der Waals surface area contributed by atoms with E-state index < -0.39 is 0 Å². The molecule has 5 rings (SSSR count). The van der Waals surface area contributed by atoms with Crippen molar-refractivity contribution in [2.75, 3.05) is 0 Å². The van der Waals surface area contributed by atoms with Gasteiger partial charge in [0.15, 0.2) is 5.69 Å². The van der Waals surface area contributed by atoms with Crippen LogP contribution in [0.3, 0.4) is 0 Å². The molecule has 0 aliphatic heterocycles. The predicted octanol–water partition coefficient (Wildman–Crippen LogP) is 4.22. The first-order valence-electron chi connectivity index (χ1n) is 10.4. The van der Waals surface area contributed by atoms with E-state index in [1.807, 2.05) is 66.7 Å². The predicted molar refractivity (Wildman–Crippen MR) is 123 cm³/mol. The van der Waals surface area contributed by atoms with Crippen molar-refractivity contribution >= 4 is 11.6 Å². The zero-order valence-corrected chi connectivity index (χ0v) is 17.8. The average Bonchev–Trinajstić information content (AvgIpc) is 3.49. The van der Waals surface area contributed by atoms with E-state index in [1.54, 1.807) is 35.9 Å². The number of para-hydroxylation sites is 2. The Kier molecular flexibility index (Phi) is 5.20. The van der Waals surface area contributed by atoms with E-state index in [-0.39, 0.29) is 28.6 Å². The molecular weight excluding hydrogens is 414 g/mol. The summed E-state index contributed by atoms with van der Waals surface area (Å²) in [5, 5.41) is 12.8. The number of nitrogens with zero attached hydrogens (tertiary/aromatic N) is 5. The van der Waals surface area contributed by atoms with Crippen LogP contribution in [0.5, 0.6) is 0 Å². The summed E-state index contributed by atoms with van der Waals surface area (Å²) in [5.74, 6) is -0.623. The van der Waals surface area contributed by atoms with Crippen molar-refractivity contribution in [2.24, 2.45) is 0 Å². The molecular formula is C26H19N5O2. The van der Waals surface area contributed by atoms with Crippen LogP contribution in [0.25, 0.3) is 11.4 Å². The number of aromatic nitrogens is 5. The van der Waals surface area contributed by atoms with Gasteiger partial charge in [-0.2, -0.15) is 5.10 Å². The molecule has 0 spiro atoms. The molecule has 7 nitrogen and oxygen atoms in total. The van der Waals surface area contributed by atoms with Crippen molar-refractivity contribution in [1.82, 2.24) is 24.8 Å². The average molecular weight is 433 g/mol. The highest BCUT2D eigenvalue weighted by molar-refractivity contribution is 6.12. The van der Waals surface area contributed by atoms with Crippen LogP contribution in [0, 0.1) is 6.92 Å². The number of benzene rings is 3. The molecule has 0 aliphatic carbocycles. The van der Waals surface area contributed by atoms with E-state index >= 15 is 0 Å². The van der Waals surface area contributed by atoms with Crippen LogP contribution in [0.4, 0.5) is 0 Å². The van der Waals surface area contributed by atoms with Crippen LogP contribution in [-0.4, -0.2) is 36.3 Å². The third kappa shape index (κ3) is 3.76. The maximum Gasteiger partial charge on any atom is 0.233 e. The van der Waals surface area contributed by atoms with Gasteiger partial charge in [0.25, 0.3) is 0 Å². The largest absolute Gasteiger partial charge is 0.287 e. The minimum absolute atomic E-state index is 0.182. The van der Waals surface area contributed by atoms with E-state index in [2.05, 4.69) is 15.4 Å². The first-order chi connectivity index (χ1) is 16.1. The summed E-state index contributed by atoms with van der Waals surface area (Å²) in [6.45, 7) is 1.79. The minimum atomic E-state index is -0.363. The van der Waals surface area contributed by atoms with Gasteiger partial charge in [0.2, 0.25) is 11.6 Å². The molecule has 0 radical (unpaired) electrons. The van der Waals surface area contributed by atoms with Gasteiger partial charge in [-0.15, -0.1) is 5.10 Å². The molecule has 160 valence electrons. The Labute approximate surface area is 189 Å². The summed E-state index contributed by atoms with van der Waals surface area (Å²) in [4.78, 5) is 26.6. The highest BCUT2D eigenvalue weighted by atomic mass is 16.1. The third-order valence-electron chi connectivity index (χ3n) is 5.32. The molecule has 5 aromatic rings. The number of hydrogen-bond acceptors (Lipinski definition) is 5. The Bertz CT molecular complexity index is 1440. The Hall–Kier alpha value is -4.65. The number of hydrogen-bond donors (Lipinski definition) is 0. The number of carbonyl (C=O) groups is 2. The lowest BCUT2D eigenvalue weighted by atomic mass is 10.1. The zero-order valence-electron chi connectivity index (χ0n) is 17.8. The van der Waals surface area contributed by atoms with Crippen LogP contribution in [0.15, 0.2) is 97.1 Å². The van der Waals surface area contributed by atoms with Crippen molar-refractivity contribution in [2.45, 2.75) is 6.92 Å². The van der Waals surface area contributed by atoms with Gasteiger partial charge in [-0.25, -0.2) is 9.36 Å². The zero-order chi connectivity index (χ0) is 22.8. The van der Waals surface area contributed by atoms with Crippen LogP contribution < -0.4 is 0 Å². The molecule has 0 fully saturated rings. The van der Waals surface area contributed by atoms with Gasteiger partial charge in [0, 0.05) is 5.56 Å². The Morgan fingerprint density at radius 2 is 1.24 bits per heavy atom. The van der Waals surface area contributed by atoms with Crippen LogP contribution in [0.2, 0.25) is 0 Å². The molecule has 2 heterocycles. The van der Waals surface area contributed by atoms with Gasteiger partial charge in [-0.1, -0.05) is 71.9 Å². The molecule has 0 saturated carbocycles. The lowest BCUT2D eigenvalue weighted by Crippen LogP contribution is -2.12. The second-order valence-electron chi connectivity index (χ2n) is 7.46. The fourth-order valence-electron chi connectivity index (χ4n) is 3.63. The van der Waals surface area contributed by atoms with E-state index in [1.165, 1.54) is 10.7 Å². The van der Waals surface area contributed by atoms with Gasteiger partial charge < -0.3 is 0 Å². The Morgan fingerprint density at radius 1 is 0.697 bits per heavy atom. The van der Waals surface area contributed by atoms with Crippen molar-refractivity contribution in [3.63, 3.8) is 0 Å². The molecule has 0 N–H and O–H groups in total. The summed E-state index contributed by atoms with van der Waals surface area (Å²) < 4.78 is 3.10. The second kappa shape index (κ2) is 8.47. The molecule has 2 aromatic heterocycles. The Morgan fingerprint density at radius 3 is 1.85 bits per heavy atom. The standard InChI is InChI=1S/C26H19N5O2/c1-18-24(27-29-30(18)20-13-7-3-8-14-20)26(33)23-17-22(25(32)19-11-5-2-6-12-19)28-31(23)21-15-9-4-10-16-21/h2-17H,1H3. The van der Waals surface area contributed by atoms with Crippen LogP contribution in [0.1, 0.15) is 37.9 Å². The summed E-state index contributed by atoms with van der Waals surface area (Å²) in [5.41, 5.74) is 3.20. The maximum absolute atomic E-state index is 13.6. The fraction of sp³-hybridized carbons (Fsp3) is 0.0385. The van der Waals surface area contributed by atoms with Gasteiger partial charge in [0.1, 0.15) is 11.4 Å². The summed E-state index contributed by atoms with van der Waals surface area (Å²) in [6, 6.07) is 29.1. The highest BCUT2D eigenvalue weighted by Gasteiger charge is 2.26. The molecule has 33 heavy (non-hydrogen) atoms. The van der Waals surface area contributed by atoms with Crippen molar-refractivity contribution in [1.29, 1.82) is 0 Å². The topological polar surface area (TPSA) is 82.7 Å². The first-order valence-corrected chi connectivity index (χ1v) is 10.4. The normalized spacial score (nSPS) is 10.8. The van der Waals surface area contributed by atoms with Crippen LogP contribution in [-0.2, 0) is 0 Å². The molecule has 0 amide bonds. The van der Waals surface area contributed by atoms with Gasteiger partial charge >= 0.3 is 0 Å². The van der Waals surface area contributed by atoms with E-state index in [4.69, 9.17) is 0 Å². The molecule has 7 heteroatoms.